The van der Waals surface area contributed by atoms with E-state index < -0.39 is 0 Å². The first-order chi connectivity index (χ1) is 26.1. The molecule has 12 heteroatoms. The third-order valence-corrected chi connectivity index (χ3v) is 10.3. The lowest BCUT2D eigenvalue weighted by Crippen LogP contribution is -2.29. The maximum atomic E-state index is 12.7. The Morgan fingerprint density at radius 2 is 0.704 bits per heavy atom. The van der Waals surface area contributed by atoms with Crippen LogP contribution in [0, 0.1) is 35.5 Å². The second-order valence-corrected chi connectivity index (χ2v) is 14.5. The standard InChI is InChI=1S/3C14H18FNO2/c3*1-11-8-16(9-13(11)7-15)14(17)18-10-12-5-3-2-4-6-12/h3*2-6,11,13H,7-10H2,1H3/t2*11-,13+;11-,13-/m111/s1. The summed E-state index contributed by atoms with van der Waals surface area (Å²) in [6.07, 6.45) is -1.04. The Hall–Kier alpha value is -4.74. The molecule has 3 aliphatic heterocycles. The van der Waals surface area contributed by atoms with Gasteiger partial charge in [0.25, 0.3) is 0 Å². The summed E-state index contributed by atoms with van der Waals surface area (Å²) in [6.45, 7) is 8.74. The maximum Gasteiger partial charge on any atom is 0.410 e. The first kappa shape index (κ1) is 42.0. The topological polar surface area (TPSA) is 88.6 Å². The van der Waals surface area contributed by atoms with Gasteiger partial charge in [0, 0.05) is 57.0 Å². The van der Waals surface area contributed by atoms with Crippen LogP contribution in [0.3, 0.4) is 0 Å². The predicted octanol–water partition coefficient (Wildman–Crippen LogP) is 8.58. The molecule has 0 aromatic heterocycles. The largest absolute Gasteiger partial charge is 0.445 e. The van der Waals surface area contributed by atoms with Crippen LogP contribution in [0.25, 0.3) is 0 Å². The minimum atomic E-state index is -0.371. The highest BCUT2D eigenvalue weighted by atomic mass is 19.1. The molecule has 0 aliphatic carbocycles. The van der Waals surface area contributed by atoms with Crippen LogP contribution in [0.5, 0.6) is 0 Å². The Kier molecular flexibility index (Phi) is 17.0. The highest BCUT2D eigenvalue weighted by Crippen LogP contribution is 2.26. The molecule has 3 fully saturated rings. The van der Waals surface area contributed by atoms with Crippen LogP contribution in [-0.2, 0) is 34.0 Å². The molecule has 54 heavy (non-hydrogen) atoms. The van der Waals surface area contributed by atoms with Crippen LogP contribution in [0.15, 0.2) is 91.0 Å². The van der Waals surface area contributed by atoms with Crippen LogP contribution in [0.1, 0.15) is 37.5 Å². The van der Waals surface area contributed by atoms with E-state index >= 15 is 0 Å². The van der Waals surface area contributed by atoms with Crippen molar-refractivity contribution in [3.05, 3.63) is 108 Å². The fraction of sp³-hybridized carbons (Fsp3) is 0.500. The van der Waals surface area contributed by atoms with Crippen molar-refractivity contribution in [2.24, 2.45) is 35.5 Å². The molecule has 6 rings (SSSR count). The molecule has 3 aliphatic rings. The van der Waals surface area contributed by atoms with Crippen molar-refractivity contribution in [1.82, 2.24) is 14.7 Å². The second-order valence-electron chi connectivity index (χ2n) is 14.5. The summed E-state index contributed by atoms with van der Waals surface area (Å²) < 4.78 is 53.6. The zero-order chi connectivity index (χ0) is 38.9. The molecule has 3 aromatic rings. The lowest BCUT2D eigenvalue weighted by Gasteiger charge is -2.15. The van der Waals surface area contributed by atoms with Gasteiger partial charge in [-0.2, -0.15) is 0 Å². The molecule has 0 bridgehead atoms. The second kappa shape index (κ2) is 21.8. The van der Waals surface area contributed by atoms with E-state index in [0.29, 0.717) is 39.3 Å². The Labute approximate surface area is 317 Å². The number of likely N-dealkylation sites (tertiary alicyclic amines) is 3. The van der Waals surface area contributed by atoms with E-state index in [1.165, 1.54) is 0 Å². The Morgan fingerprint density at radius 3 is 0.907 bits per heavy atom. The number of hydrogen-bond acceptors (Lipinski definition) is 6. The molecule has 3 heterocycles. The Morgan fingerprint density at radius 1 is 0.463 bits per heavy atom. The molecule has 0 saturated carbocycles. The number of alkyl halides is 3. The van der Waals surface area contributed by atoms with Crippen molar-refractivity contribution in [3.63, 3.8) is 0 Å². The molecular weight excluding hydrogens is 699 g/mol. The number of ether oxygens (including phenoxy) is 3. The van der Waals surface area contributed by atoms with Crippen LogP contribution >= 0.6 is 0 Å². The van der Waals surface area contributed by atoms with E-state index in [-0.39, 0.29) is 93.6 Å². The van der Waals surface area contributed by atoms with Gasteiger partial charge in [-0.05, 0) is 34.4 Å². The SMILES string of the molecule is C[C@@H]1CN(C(=O)OCc2ccccc2)C[C@@H]1CF.C[C@@H]1CN(C(=O)OCc2ccccc2)C[C@@H]1CF.C[C@@H]1CN(C(=O)OCc2ccccc2)C[C@H]1CF. The van der Waals surface area contributed by atoms with Crippen molar-refractivity contribution in [1.29, 1.82) is 0 Å². The zero-order valence-corrected chi connectivity index (χ0v) is 31.5. The van der Waals surface area contributed by atoms with E-state index in [1.54, 1.807) is 14.7 Å². The normalized spacial score (nSPS) is 23.1. The highest BCUT2D eigenvalue weighted by molar-refractivity contribution is 5.69. The van der Waals surface area contributed by atoms with E-state index in [1.807, 2.05) is 112 Å². The monoisotopic (exact) mass is 753 g/mol. The van der Waals surface area contributed by atoms with Gasteiger partial charge >= 0.3 is 18.3 Å². The van der Waals surface area contributed by atoms with Gasteiger partial charge in [0.05, 0.1) is 20.0 Å². The van der Waals surface area contributed by atoms with Crippen molar-refractivity contribution in [3.8, 4) is 0 Å². The van der Waals surface area contributed by atoms with Gasteiger partial charge in [-0.1, -0.05) is 112 Å². The van der Waals surface area contributed by atoms with Gasteiger partial charge in [0.15, 0.2) is 0 Å². The quantitative estimate of drug-likeness (QED) is 0.204. The Balaban J connectivity index is 0.000000180. The molecule has 3 saturated heterocycles. The predicted molar refractivity (Wildman–Crippen MR) is 200 cm³/mol. The fourth-order valence-corrected chi connectivity index (χ4v) is 6.58. The van der Waals surface area contributed by atoms with Crippen molar-refractivity contribution >= 4 is 18.3 Å². The van der Waals surface area contributed by atoms with E-state index in [2.05, 4.69) is 0 Å². The third kappa shape index (κ3) is 13.0. The number of benzene rings is 3. The average Bonchev–Trinajstić information content (AvgIpc) is 3.91. The summed E-state index contributed by atoms with van der Waals surface area (Å²) in [7, 11) is 0. The van der Waals surface area contributed by atoms with Crippen LogP contribution in [-0.4, -0.2) is 92.3 Å². The lowest BCUT2D eigenvalue weighted by atomic mass is 10.0. The van der Waals surface area contributed by atoms with Crippen molar-refractivity contribution in [2.45, 2.75) is 40.6 Å². The van der Waals surface area contributed by atoms with Crippen LogP contribution < -0.4 is 0 Å². The summed E-state index contributed by atoms with van der Waals surface area (Å²) >= 11 is 0. The average molecular weight is 754 g/mol. The molecule has 3 amide bonds. The molecule has 6 atom stereocenters. The van der Waals surface area contributed by atoms with Gasteiger partial charge in [-0.15, -0.1) is 0 Å². The molecule has 0 unspecified atom stereocenters. The van der Waals surface area contributed by atoms with Gasteiger partial charge in [-0.25, -0.2) is 14.4 Å². The smallest absolute Gasteiger partial charge is 0.410 e. The van der Waals surface area contributed by atoms with Gasteiger partial charge in [-0.3, -0.25) is 13.2 Å². The zero-order valence-electron chi connectivity index (χ0n) is 31.5. The molecule has 0 N–H and O–H groups in total. The molecule has 3 aromatic carbocycles. The van der Waals surface area contributed by atoms with E-state index in [0.717, 1.165) is 16.7 Å². The minimum Gasteiger partial charge on any atom is -0.445 e. The summed E-state index contributed by atoms with van der Waals surface area (Å²) in [5, 5.41) is 0. The van der Waals surface area contributed by atoms with Gasteiger partial charge in [0.2, 0.25) is 0 Å². The number of halogens is 3. The first-order valence-electron chi connectivity index (χ1n) is 18.7. The summed E-state index contributed by atoms with van der Waals surface area (Å²) in [4.78, 5) is 40.2. The summed E-state index contributed by atoms with van der Waals surface area (Å²) in [5.41, 5.74) is 2.88. The molecule has 294 valence electrons. The number of hydrogen-bond donors (Lipinski definition) is 0. The first-order valence-corrected chi connectivity index (χ1v) is 18.7. The number of rotatable bonds is 9. The van der Waals surface area contributed by atoms with Crippen molar-refractivity contribution in [2.75, 3.05) is 59.3 Å². The number of carbonyl (C=O) groups is 3. The van der Waals surface area contributed by atoms with E-state index in [9.17, 15) is 27.6 Å². The summed E-state index contributed by atoms with van der Waals surface area (Å²) in [5.74, 6) is 0.482. The van der Waals surface area contributed by atoms with Crippen LogP contribution in [0.4, 0.5) is 27.6 Å². The number of amides is 3. The van der Waals surface area contributed by atoms with E-state index in [4.69, 9.17) is 14.2 Å². The molecule has 0 spiro atoms. The van der Waals surface area contributed by atoms with Gasteiger partial charge < -0.3 is 28.9 Å². The number of carbonyl (C=O) groups excluding carboxylic acids is 3. The maximum absolute atomic E-state index is 12.7. The Bertz CT molecular complexity index is 1370. The highest BCUT2D eigenvalue weighted by Gasteiger charge is 2.35. The molecular formula is C42H54F3N3O6. The summed E-state index contributed by atoms with van der Waals surface area (Å²) in [6, 6.07) is 28.6. The van der Waals surface area contributed by atoms with Crippen molar-refractivity contribution < 1.29 is 41.8 Å². The molecule has 0 radical (unpaired) electrons. The fourth-order valence-electron chi connectivity index (χ4n) is 6.58. The third-order valence-electron chi connectivity index (χ3n) is 10.3. The minimum absolute atomic E-state index is 0.0470. The molecule has 9 nitrogen and oxygen atoms in total. The van der Waals surface area contributed by atoms with Crippen LogP contribution in [0.2, 0.25) is 0 Å². The lowest BCUT2D eigenvalue weighted by molar-refractivity contribution is 0.101. The number of nitrogens with zero attached hydrogens (tertiary/aromatic N) is 3. The van der Waals surface area contributed by atoms with Gasteiger partial charge in [0.1, 0.15) is 19.8 Å².